The van der Waals surface area contributed by atoms with E-state index in [1.54, 1.807) is 0 Å². The van der Waals surface area contributed by atoms with Crippen LogP contribution in [-0.2, 0) is 0 Å². The molecule has 2 N–H and O–H groups in total. The number of nitrogens with one attached hydrogen (secondary N) is 2. The van der Waals surface area contributed by atoms with Gasteiger partial charge in [0.15, 0.2) is 0 Å². The summed E-state index contributed by atoms with van der Waals surface area (Å²) in [5, 5.41) is 7.29. The SMILES string of the molecule is CC1(C)CCCC1NCC1CCCNC1. The van der Waals surface area contributed by atoms with E-state index in [9.17, 15) is 0 Å². The van der Waals surface area contributed by atoms with Crippen molar-refractivity contribution in [1.29, 1.82) is 0 Å². The maximum atomic E-state index is 3.80. The highest BCUT2D eigenvalue weighted by atomic mass is 15.0. The van der Waals surface area contributed by atoms with Crippen LogP contribution in [0.4, 0.5) is 0 Å². The van der Waals surface area contributed by atoms with Crippen LogP contribution in [-0.4, -0.2) is 25.7 Å². The van der Waals surface area contributed by atoms with E-state index in [0.717, 1.165) is 12.0 Å². The van der Waals surface area contributed by atoms with Crippen LogP contribution in [0.3, 0.4) is 0 Å². The molecular formula is C13H26N2. The molecule has 2 unspecified atom stereocenters. The van der Waals surface area contributed by atoms with Crippen LogP contribution in [0.25, 0.3) is 0 Å². The van der Waals surface area contributed by atoms with Crippen molar-refractivity contribution < 1.29 is 0 Å². The molecule has 0 radical (unpaired) electrons. The predicted molar refractivity (Wildman–Crippen MR) is 65.0 cm³/mol. The van der Waals surface area contributed by atoms with E-state index in [-0.39, 0.29) is 0 Å². The molecule has 0 amide bonds. The standard InChI is InChI=1S/C13H26N2/c1-13(2)7-3-6-12(13)15-10-11-5-4-8-14-9-11/h11-12,14-15H,3-10H2,1-2H3. The molecule has 2 nitrogen and oxygen atoms in total. The van der Waals surface area contributed by atoms with Crippen LogP contribution in [0.2, 0.25) is 0 Å². The largest absolute Gasteiger partial charge is 0.316 e. The van der Waals surface area contributed by atoms with Gasteiger partial charge in [-0.05, 0) is 56.7 Å². The molecule has 0 spiro atoms. The molecule has 1 aliphatic heterocycles. The molecule has 0 bridgehead atoms. The molecule has 2 fully saturated rings. The van der Waals surface area contributed by atoms with Crippen molar-refractivity contribution >= 4 is 0 Å². The maximum Gasteiger partial charge on any atom is 0.0118 e. The first kappa shape index (κ1) is 11.4. The first-order valence-corrected chi connectivity index (χ1v) is 6.62. The molecule has 1 saturated carbocycles. The smallest absolute Gasteiger partial charge is 0.0118 e. The Labute approximate surface area is 94.2 Å². The van der Waals surface area contributed by atoms with Crippen LogP contribution in [0.1, 0.15) is 46.0 Å². The monoisotopic (exact) mass is 210 g/mol. The molecule has 15 heavy (non-hydrogen) atoms. The van der Waals surface area contributed by atoms with Crippen LogP contribution in [0, 0.1) is 11.3 Å². The number of rotatable bonds is 3. The Balaban J connectivity index is 1.72. The molecular weight excluding hydrogens is 184 g/mol. The van der Waals surface area contributed by atoms with E-state index >= 15 is 0 Å². The highest BCUT2D eigenvalue weighted by molar-refractivity contribution is 4.90. The zero-order valence-electron chi connectivity index (χ0n) is 10.3. The van der Waals surface area contributed by atoms with Crippen molar-refractivity contribution in [3.05, 3.63) is 0 Å². The topological polar surface area (TPSA) is 24.1 Å². The van der Waals surface area contributed by atoms with Crippen LogP contribution < -0.4 is 10.6 Å². The van der Waals surface area contributed by atoms with Crippen LogP contribution in [0.15, 0.2) is 0 Å². The summed E-state index contributed by atoms with van der Waals surface area (Å²) in [7, 11) is 0. The molecule has 0 aromatic rings. The van der Waals surface area contributed by atoms with E-state index in [1.165, 1.54) is 51.7 Å². The zero-order chi connectivity index (χ0) is 10.7. The van der Waals surface area contributed by atoms with Crippen molar-refractivity contribution in [2.45, 2.75) is 52.0 Å². The van der Waals surface area contributed by atoms with Crippen LogP contribution >= 0.6 is 0 Å². The molecule has 1 aliphatic carbocycles. The van der Waals surface area contributed by atoms with Crippen LogP contribution in [0.5, 0.6) is 0 Å². The van der Waals surface area contributed by atoms with Gasteiger partial charge in [0.1, 0.15) is 0 Å². The summed E-state index contributed by atoms with van der Waals surface area (Å²) in [4.78, 5) is 0. The molecule has 2 rings (SSSR count). The first-order chi connectivity index (χ1) is 7.18. The summed E-state index contributed by atoms with van der Waals surface area (Å²) in [6, 6.07) is 0.763. The van der Waals surface area contributed by atoms with Gasteiger partial charge < -0.3 is 10.6 Å². The van der Waals surface area contributed by atoms with E-state index in [1.807, 2.05) is 0 Å². The average molecular weight is 210 g/mol. The summed E-state index contributed by atoms with van der Waals surface area (Å²) < 4.78 is 0. The normalized spacial score (nSPS) is 35.6. The Kier molecular flexibility index (Phi) is 3.68. The maximum absolute atomic E-state index is 3.80. The molecule has 1 heterocycles. The highest BCUT2D eigenvalue weighted by Crippen LogP contribution is 2.37. The second kappa shape index (κ2) is 4.84. The van der Waals surface area contributed by atoms with Crippen molar-refractivity contribution in [2.75, 3.05) is 19.6 Å². The van der Waals surface area contributed by atoms with Gasteiger partial charge in [-0.1, -0.05) is 20.3 Å². The minimum atomic E-state index is 0.530. The van der Waals surface area contributed by atoms with Gasteiger partial charge in [0.05, 0.1) is 0 Å². The highest BCUT2D eigenvalue weighted by Gasteiger charge is 2.34. The Morgan fingerprint density at radius 1 is 1.27 bits per heavy atom. The summed E-state index contributed by atoms with van der Waals surface area (Å²) >= 11 is 0. The fraction of sp³-hybridized carbons (Fsp3) is 1.00. The Morgan fingerprint density at radius 3 is 2.73 bits per heavy atom. The zero-order valence-corrected chi connectivity index (χ0v) is 10.3. The Morgan fingerprint density at radius 2 is 2.13 bits per heavy atom. The van der Waals surface area contributed by atoms with E-state index in [4.69, 9.17) is 0 Å². The van der Waals surface area contributed by atoms with Crippen molar-refractivity contribution in [3.8, 4) is 0 Å². The summed E-state index contributed by atoms with van der Waals surface area (Å²) in [6.07, 6.45) is 6.96. The number of hydrogen-bond donors (Lipinski definition) is 2. The molecule has 88 valence electrons. The van der Waals surface area contributed by atoms with E-state index in [2.05, 4.69) is 24.5 Å². The average Bonchev–Trinajstić information content (AvgIpc) is 2.56. The second-order valence-corrected chi connectivity index (χ2v) is 6.05. The third-order valence-electron chi connectivity index (χ3n) is 4.31. The number of hydrogen-bond acceptors (Lipinski definition) is 2. The van der Waals surface area contributed by atoms with Gasteiger partial charge in [-0.25, -0.2) is 0 Å². The lowest BCUT2D eigenvalue weighted by Crippen LogP contribution is -2.43. The van der Waals surface area contributed by atoms with Gasteiger partial charge in [-0.3, -0.25) is 0 Å². The third kappa shape index (κ3) is 2.94. The van der Waals surface area contributed by atoms with Gasteiger partial charge in [0.25, 0.3) is 0 Å². The van der Waals surface area contributed by atoms with Crippen molar-refractivity contribution in [3.63, 3.8) is 0 Å². The minimum Gasteiger partial charge on any atom is -0.316 e. The Hall–Kier alpha value is -0.0800. The fourth-order valence-electron chi connectivity index (χ4n) is 3.11. The van der Waals surface area contributed by atoms with E-state index < -0.39 is 0 Å². The van der Waals surface area contributed by atoms with E-state index in [0.29, 0.717) is 5.41 Å². The molecule has 2 aliphatic rings. The van der Waals surface area contributed by atoms with Gasteiger partial charge >= 0.3 is 0 Å². The molecule has 2 heteroatoms. The number of piperidine rings is 1. The summed E-state index contributed by atoms with van der Waals surface area (Å²) in [5.41, 5.74) is 0.530. The second-order valence-electron chi connectivity index (χ2n) is 6.05. The quantitative estimate of drug-likeness (QED) is 0.746. The van der Waals surface area contributed by atoms with Crippen molar-refractivity contribution in [1.82, 2.24) is 10.6 Å². The molecule has 0 aromatic heterocycles. The summed E-state index contributed by atoms with van der Waals surface area (Å²) in [5.74, 6) is 0.871. The van der Waals surface area contributed by atoms with Gasteiger partial charge in [0, 0.05) is 6.04 Å². The van der Waals surface area contributed by atoms with Gasteiger partial charge in [-0.2, -0.15) is 0 Å². The third-order valence-corrected chi connectivity index (χ3v) is 4.31. The lowest BCUT2D eigenvalue weighted by molar-refractivity contribution is 0.258. The molecule has 1 saturated heterocycles. The molecule has 2 atom stereocenters. The lowest BCUT2D eigenvalue weighted by atomic mass is 9.87. The van der Waals surface area contributed by atoms with Crippen molar-refractivity contribution in [2.24, 2.45) is 11.3 Å². The van der Waals surface area contributed by atoms with Gasteiger partial charge in [0.2, 0.25) is 0 Å². The fourth-order valence-corrected chi connectivity index (χ4v) is 3.11. The summed E-state index contributed by atoms with van der Waals surface area (Å²) in [6.45, 7) is 8.50. The molecule has 0 aromatic carbocycles. The first-order valence-electron chi connectivity index (χ1n) is 6.62. The Bertz CT molecular complexity index is 195. The minimum absolute atomic E-state index is 0.530. The predicted octanol–water partition coefficient (Wildman–Crippen LogP) is 2.15. The van der Waals surface area contributed by atoms with Gasteiger partial charge in [-0.15, -0.1) is 0 Å². The lowest BCUT2D eigenvalue weighted by Gasteiger charge is -2.31.